The number of halogens is 1. The van der Waals surface area contributed by atoms with Gasteiger partial charge in [-0.3, -0.25) is 19.4 Å². The van der Waals surface area contributed by atoms with Crippen molar-refractivity contribution in [2.45, 2.75) is 44.9 Å². The van der Waals surface area contributed by atoms with Crippen molar-refractivity contribution in [2.75, 3.05) is 10.7 Å². The zero-order valence-corrected chi connectivity index (χ0v) is 20.6. The van der Waals surface area contributed by atoms with Gasteiger partial charge in [0.25, 0.3) is 6.17 Å². The van der Waals surface area contributed by atoms with E-state index in [1.54, 1.807) is 47.4 Å². The monoisotopic (exact) mass is 499 g/mol. The number of nitrogens with zero attached hydrogens (tertiary/aromatic N) is 3. The molecule has 3 aromatic rings. The minimum absolute atomic E-state index is 0.161. The van der Waals surface area contributed by atoms with Gasteiger partial charge in [0.1, 0.15) is 5.75 Å². The molecule has 1 aliphatic rings. The van der Waals surface area contributed by atoms with E-state index in [9.17, 15) is 14.4 Å². The summed E-state index contributed by atoms with van der Waals surface area (Å²) in [6, 6.07) is 12.2. The van der Waals surface area contributed by atoms with Crippen LogP contribution in [0.1, 0.15) is 45.3 Å². The molecule has 0 radical (unpaired) electrons. The summed E-state index contributed by atoms with van der Waals surface area (Å²) in [7, 11) is 0. The van der Waals surface area contributed by atoms with E-state index in [1.807, 2.05) is 0 Å². The van der Waals surface area contributed by atoms with Gasteiger partial charge in [0.05, 0.1) is 21.8 Å². The molecule has 2 aromatic carbocycles. The first kappa shape index (κ1) is 24.0. The van der Waals surface area contributed by atoms with E-state index in [-0.39, 0.29) is 22.2 Å². The van der Waals surface area contributed by atoms with Crippen LogP contribution in [0.5, 0.6) is 5.75 Å². The van der Waals surface area contributed by atoms with E-state index in [2.05, 4.69) is 11.9 Å². The highest BCUT2D eigenvalue weighted by Crippen LogP contribution is 2.41. The number of para-hydroxylation sites is 1. The van der Waals surface area contributed by atoms with Gasteiger partial charge in [-0.2, -0.15) is 0 Å². The number of aromatic amines is 1. The van der Waals surface area contributed by atoms with E-state index in [1.165, 1.54) is 30.3 Å². The lowest BCUT2D eigenvalue weighted by atomic mass is 10.0. The van der Waals surface area contributed by atoms with Gasteiger partial charge in [-0.25, -0.2) is 4.90 Å². The minimum atomic E-state index is -0.863. The molecule has 1 aromatic heterocycles. The number of H-pyrrole nitrogens is 1. The third-order valence-corrected chi connectivity index (χ3v) is 6.71. The highest BCUT2D eigenvalue weighted by molar-refractivity contribution is 7.99. The predicted molar refractivity (Wildman–Crippen MR) is 130 cm³/mol. The fraction of sp³-hybridized carbons (Fsp3) is 0.292. The molecule has 176 valence electrons. The maximum atomic E-state index is 13.3. The largest absolute Gasteiger partial charge is 0.425 e. The van der Waals surface area contributed by atoms with Gasteiger partial charge in [-0.05, 0) is 35.4 Å². The Morgan fingerprint density at radius 1 is 1.21 bits per heavy atom. The molecule has 8 nitrogen and oxygen atoms in total. The number of fused-ring (bicyclic) bond motifs is 3. The van der Waals surface area contributed by atoms with Crippen molar-refractivity contribution >= 4 is 40.9 Å². The second kappa shape index (κ2) is 9.99. The molecular weight excluding hydrogens is 476 g/mol. The standard InChI is InChI=1S/C24H23ClN4O4S/c1-4-5-13-34-24-26-22(32)21-16-9-6-7-11-18(16)28(14(2)30)23(29(21)27-24)17-10-8-12-19(20(17)25)33-15(3)31/h6-12,23H,4-5,13H2,1-3H3/p+1/t23-/m0/s1. The summed E-state index contributed by atoms with van der Waals surface area (Å²) in [6.07, 6.45) is 1.12. The van der Waals surface area contributed by atoms with Crippen LogP contribution in [-0.4, -0.2) is 27.7 Å². The number of amides is 1. The Labute approximate surface area is 205 Å². The number of unbranched alkanes of at least 4 members (excludes halogenated alkanes) is 1. The van der Waals surface area contributed by atoms with Crippen LogP contribution in [0.3, 0.4) is 0 Å². The van der Waals surface area contributed by atoms with Crippen molar-refractivity contribution in [3.8, 4) is 17.0 Å². The van der Waals surface area contributed by atoms with Crippen molar-refractivity contribution in [1.82, 2.24) is 10.1 Å². The van der Waals surface area contributed by atoms with E-state index in [0.29, 0.717) is 27.7 Å². The zero-order chi connectivity index (χ0) is 24.4. The van der Waals surface area contributed by atoms with Crippen LogP contribution in [0.4, 0.5) is 5.69 Å². The van der Waals surface area contributed by atoms with Crippen molar-refractivity contribution in [2.24, 2.45) is 0 Å². The molecule has 34 heavy (non-hydrogen) atoms. The van der Waals surface area contributed by atoms with Gasteiger partial charge in [0.15, 0.2) is 0 Å². The summed E-state index contributed by atoms with van der Waals surface area (Å²) in [5.74, 6) is 0.179. The van der Waals surface area contributed by atoms with Crippen molar-refractivity contribution in [1.29, 1.82) is 0 Å². The molecular formula is C24H24ClN4O4S+. The number of hydrogen-bond acceptors (Lipinski definition) is 6. The molecule has 0 aliphatic carbocycles. The molecule has 0 saturated heterocycles. The number of esters is 1. The number of aromatic nitrogens is 3. The van der Waals surface area contributed by atoms with Gasteiger partial charge < -0.3 is 4.74 Å². The van der Waals surface area contributed by atoms with E-state index >= 15 is 0 Å². The normalized spacial score (nSPS) is 14.4. The highest BCUT2D eigenvalue weighted by Gasteiger charge is 2.46. The fourth-order valence-corrected chi connectivity index (χ4v) is 5.13. The Kier molecular flexibility index (Phi) is 7.04. The quantitative estimate of drug-likeness (QED) is 0.180. The van der Waals surface area contributed by atoms with Gasteiger partial charge in [0.2, 0.25) is 11.1 Å². The lowest BCUT2D eigenvalue weighted by Crippen LogP contribution is -2.60. The number of ether oxygens (including phenoxy) is 1. The summed E-state index contributed by atoms with van der Waals surface area (Å²) < 4.78 is 6.80. The molecule has 1 atom stereocenters. The number of rotatable bonds is 6. The van der Waals surface area contributed by atoms with Gasteiger partial charge >= 0.3 is 17.2 Å². The Morgan fingerprint density at radius 2 is 1.97 bits per heavy atom. The topological polar surface area (TPSA) is 96.2 Å². The Bertz CT molecular complexity index is 1330. The molecule has 10 heteroatoms. The Morgan fingerprint density at radius 3 is 2.68 bits per heavy atom. The number of nitrogens with one attached hydrogen (secondary N) is 1. The predicted octanol–water partition coefficient (Wildman–Crippen LogP) is 4.11. The molecule has 1 N–H and O–H groups in total. The van der Waals surface area contributed by atoms with Gasteiger partial charge in [0, 0.05) is 24.7 Å². The summed E-state index contributed by atoms with van der Waals surface area (Å²) in [5.41, 5.74) is 1.61. The summed E-state index contributed by atoms with van der Waals surface area (Å²) in [6.45, 7) is 4.82. The molecule has 0 fully saturated rings. The first-order valence-electron chi connectivity index (χ1n) is 10.9. The molecule has 0 unspecified atom stereocenters. The molecule has 0 spiro atoms. The van der Waals surface area contributed by atoms with Gasteiger partial charge in [-0.15, -0.1) is 0 Å². The molecule has 1 amide bonds. The van der Waals surface area contributed by atoms with Crippen molar-refractivity contribution < 1.29 is 19.0 Å². The Hall–Kier alpha value is -3.17. The summed E-state index contributed by atoms with van der Waals surface area (Å²) >= 11 is 8.13. The first-order valence-corrected chi connectivity index (χ1v) is 12.2. The summed E-state index contributed by atoms with van der Waals surface area (Å²) in [4.78, 5) is 42.3. The third-order valence-electron chi connectivity index (χ3n) is 5.36. The average molecular weight is 500 g/mol. The molecule has 0 saturated carbocycles. The minimum Gasteiger partial charge on any atom is -0.425 e. The number of anilines is 1. The van der Waals surface area contributed by atoms with E-state index in [4.69, 9.17) is 21.4 Å². The molecule has 2 heterocycles. The third kappa shape index (κ3) is 4.45. The van der Waals surface area contributed by atoms with Crippen molar-refractivity contribution in [3.63, 3.8) is 0 Å². The number of benzene rings is 2. The lowest BCUT2D eigenvalue weighted by molar-refractivity contribution is -0.763. The number of thioether (sulfide) groups is 1. The highest BCUT2D eigenvalue weighted by atomic mass is 35.5. The van der Waals surface area contributed by atoms with Crippen LogP contribution in [0.15, 0.2) is 52.4 Å². The second-order valence-corrected chi connectivity index (χ2v) is 9.25. The molecule has 4 rings (SSSR count). The number of carbonyl (C=O) groups excluding carboxylic acids is 2. The van der Waals surface area contributed by atoms with Gasteiger partial charge in [-0.1, -0.05) is 54.9 Å². The van der Waals surface area contributed by atoms with Crippen LogP contribution in [0, 0.1) is 0 Å². The van der Waals surface area contributed by atoms with Crippen LogP contribution in [-0.2, 0) is 9.59 Å². The van der Waals surface area contributed by atoms with Crippen LogP contribution >= 0.6 is 23.4 Å². The van der Waals surface area contributed by atoms with Crippen LogP contribution in [0.2, 0.25) is 5.02 Å². The molecule has 0 bridgehead atoms. The average Bonchev–Trinajstić information content (AvgIpc) is 2.79. The van der Waals surface area contributed by atoms with Crippen LogP contribution < -0.4 is 19.9 Å². The number of carbonyl (C=O) groups is 2. The SMILES string of the molecule is CCCCSc1n[n+]2c(c(=O)[nH]1)-c1ccccc1N(C(C)=O)[C@@H]2c1cccc(OC(C)=O)c1Cl. The maximum absolute atomic E-state index is 13.3. The lowest BCUT2D eigenvalue weighted by Gasteiger charge is -2.31. The summed E-state index contributed by atoms with van der Waals surface area (Å²) in [5, 5.41) is 5.34. The fourth-order valence-electron chi connectivity index (χ4n) is 3.93. The first-order chi connectivity index (χ1) is 16.3. The van der Waals surface area contributed by atoms with Crippen molar-refractivity contribution in [3.05, 3.63) is 63.4 Å². The number of hydrogen-bond donors (Lipinski definition) is 1. The zero-order valence-electron chi connectivity index (χ0n) is 19.0. The Balaban J connectivity index is 1.99. The molecule has 1 aliphatic heterocycles. The van der Waals surface area contributed by atoms with E-state index < -0.39 is 12.1 Å². The second-order valence-electron chi connectivity index (χ2n) is 7.79. The van der Waals surface area contributed by atoms with Crippen LogP contribution in [0.25, 0.3) is 11.3 Å². The van der Waals surface area contributed by atoms with E-state index in [0.717, 1.165) is 18.6 Å². The smallest absolute Gasteiger partial charge is 0.325 e. The maximum Gasteiger partial charge on any atom is 0.325 e.